The molecule has 0 saturated heterocycles. The summed E-state index contributed by atoms with van der Waals surface area (Å²) in [5, 5.41) is 4.09. The van der Waals surface area contributed by atoms with Crippen LogP contribution in [0.25, 0.3) is 10.2 Å². The Morgan fingerprint density at radius 1 is 1.25 bits per heavy atom. The monoisotopic (exact) mass is 449 g/mol. The van der Waals surface area contributed by atoms with Gasteiger partial charge in [-0.15, -0.1) is 0 Å². The van der Waals surface area contributed by atoms with E-state index in [4.69, 9.17) is 9.72 Å². The number of imidazole rings is 1. The van der Waals surface area contributed by atoms with Gasteiger partial charge in [-0.3, -0.25) is 0 Å². The third-order valence-corrected chi connectivity index (χ3v) is 6.51. The molecule has 0 saturated carbocycles. The van der Waals surface area contributed by atoms with Crippen molar-refractivity contribution in [3.63, 3.8) is 0 Å². The molecular weight excluding hydrogens is 422 g/mol. The fourth-order valence-electron chi connectivity index (χ4n) is 4.04. The molecule has 2 atom stereocenters. The fourth-order valence-corrected chi connectivity index (χ4v) is 4.98. The Kier molecular flexibility index (Phi) is 6.53. The first kappa shape index (κ1) is 22.0. The summed E-state index contributed by atoms with van der Waals surface area (Å²) in [4.78, 5) is 23.1. The number of esters is 1. The Balaban J connectivity index is 1.66. The molecule has 2 unspecified atom stereocenters. The third-order valence-electron chi connectivity index (χ3n) is 5.58. The first-order chi connectivity index (χ1) is 15.5. The van der Waals surface area contributed by atoms with Gasteiger partial charge in [-0.25, -0.2) is 14.8 Å². The molecular formula is C24H27N5O2S. The van der Waals surface area contributed by atoms with E-state index >= 15 is 0 Å². The van der Waals surface area contributed by atoms with Crippen molar-refractivity contribution in [1.29, 1.82) is 0 Å². The van der Waals surface area contributed by atoms with E-state index in [9.17, 15) is 4.79 Å². The highest BCUT2D eigenvalue weighted by Gasteiger charge is 2.25. The molecule has 2 aromatic heterocycles. The number of hydrogen-bond donors (Lipinski definition) is 1. The van der Waals surface area contributed by atoms with Crippen molar-refractivity contribution in [3.05, 3.63) is 72.3 Å². The van der Waals surface area contributed by atoms with Crippen LogP contribution in [0.15, 0.2) is 61.2 Å². The van der Waals surface area contributed by atoms with Gasteiger partial charge < -0.3 is 19.5 Å². The van der Waals surface area contributed by atoms with Crippen LogP contribution in [0.1, 0.15) is 35.3 Å². The van der Waals surface area contributed by atoms with Crippen molar-refractivity contribution in [3.8, 4) is 0 Å². The summed E-state index contributed by atoms with van der Waals surface area (Å²) in [6, 6.07) is 14.1. The predicted octanol–water partition coefficient (Wildman–Crippen LogP) is 4.95. The van der Waals surface area contributed by atoms with Crippen molar-refractivity contribution in [2.75, 3.05) is 26.5 Å². The number of nitrogens with zero attached hydrogens (tertiary/aromatic N) is 4. The van der Waals surface area contributed by atoms with E-state index in [1.165, 1.54) is 12.7 Å². The van der Waals surface area contributed by atoms with Gasteiger partial charge in [0.2, 0.25) is 0 Å². The standard InChI is InChI=1S/C24H27N5O2S/c1-5-20(28(2)3)22(29-12-11-25-15-29)16-9-10-19-21(14-16)32-24(27-19)26-18-8-6-7-17(13-18)23(30)31-4/h6-15,20,22H,5H2,1-4H3,(H,26,27). The molecule has 0 aliphatic heterocycles. The average Bonchev–Trinajstić information content (AvgIpc) is 3.45. The minimum atomic E-state index is -0.362. The van der Waals surface area contributed by atoms with Gasteiger partial charge in [-0.1, -0.05) is 30.4 Å². The minimum absolute atomic E-state index is 0.150. The lowest BCUT2D eigenvalue weighted by molar-refractivity contribution is 0.0601. The van der Waals surface area contributed by atoms with E-state index in [0.29, 0.717) is 11.6 Å². The van der Waals surface area contributed by atoms with Crippen molar-refractivity contribution in [1.82, 2.24) is 19.4 Å². The van der Waals surface area contributed by atoms with E-state index < -0.39 is 0 Å². The first-order valence-electron chi connectivity index (χ1n) is 10.5. The zero-order chi connectivity index (χ0) is 22.7. The number of carbonyl (C=O) groups excluding carboxylic acids is 1. The highest BCUT2D eigenvalue weighted by Crippen LogP contribution is 2.33. The van der Waals surface area contributed by atoms with Crippen LogP contribution in [0.3, 0.4) is 0 Å². The first-order valence-corrected chi connectivity index (χ1v) is 11.3. The lowest BCUT2D eigenvalue weighted by Gasteiger charge is -2.33. The van der Waals surface area contributed by atoms with Crippen molar-refractivity contribution in [2.45, 2.75) is 25.4 Å². The summed E-state index contributed by atoms with van der Waals surface area (Å²) in [5.41, 5.74) is 3.45. The molecule has 0 fully saturated rings. The van der Waals surface area contributed by atoms with Gasteiger partial charge in [0, 0.05) is 24.1 Å². The van der Waals surface area contributed by atoms with Crippen LogP contribution in [-0.2, 0) is 4.74 Å². The lowest BCUT2D eigenvalue weighted by atomic mass is 9.96. The normalized spacial score (nSPS) is 13.3. The second-order valence-corrected chi connectivity index (χ2v) is 8.87. The smallest absolute Gasteiger partial charge is 0.337 e. The van der Waals surface area contributed by atoms with Crippen LogP contribution in [0, 0.1) is 0 Å². The van der Waals surface area contributed by atoms with Crippen LogP contribution in [0.4, 0.5) is 10.8 Å². The number of methoxy groups -OCH3 is 1. The molecule has 7 nitrogen and oxygen atoms in total. The zero-order valence-electron chi connectivity index (χ0n) is 18.6. The largest absolute Gasteiger partial charge is 0.465 e. The molecule has 4 aromatic rings. The molecule has 0 amide bonds. The Morgan fingerprint density at radius 3 is 2.78 bits per heavy atom. The van der Waals surface area contributed by atoms with Gasteiger partial charge in [0.05, 0.1) is 35.3 Å². The van der Waals surface area contributed by atoms with Gasteiger partial charge in [0.15, 0.2) is 5.13 Å². The van der Waals surface area contributed by atoms with Crippen LogP contribution in [0.2, 0.25) is 0 Å². The second kappa shape index (κ2) is 9.50. The van der Waals surface area contributed by atoms with E-state index in [0.717, 1.165) is 27.5 Å². The number of fused-ring (bicyclic) bond motifs is 1. The number of likely N-dealkylation sites (N-methyl/N-ethyl adjacent to an activating group) is 1. The van der Waals surface area contributed by atoms with Crippen molar-refractivity contribution in [2.24, 2.45) is 0 Å². The molecule has 166 valence electrons. The van der Waals surface area contributed by atoms with E-state index in [1.54, 1.807) is 23.5 Å². The molecule has 32 heavy (non-hydrogen) atoms. The van der Waals surface area contributed by atoms with E-state index in [1.807, 2.05) is 30.9 Å². The molecule has 0 aliphatic rings. The maximum atomic E-state index is 11.8. The Morgan fingerprint density at radius 2 is 2.09 bits per heavy atom. The molecule has 0 spiro atoms. The lowest BCUT2D eigenvalue weighted by Crippen LogP contribution is -2.36. The fraction of sp³-hybridized carbons (Fsp3) is 0.292. The Labute approximate surface area is 191 Å². The van der Waals surface area contributed by atoms with E-state index in [2.05, 4.69) is 59.0 Å². The van der Waals surface area contributed by atoms with Gasteiger partial charge >= 0.3 is 5.97 Å². The summed E-state index contributed by atoms with van der Waals surface area (Å²) >= 11 is 1.59. The number of benzene rings is 2. The number of rotatable bonds is 8. The summed E-state index contributed by atoms with van der Waals surface area (Å²) in [7, 11) is 5.62. The number of anilines is 2. The van der Waals surface area contributed by atoms with Crippen LogP contribution >= 0.6 is 11.3 Å². The number of thiazole rings is 1. The molecule has 0 aliphatic carbocycles. The third kappa shape index (κ3) is 4.51. The Hall–Kier alpha value is -3.23. The van der Waals surface area contributed by atoms with Crippen LogP contribution < -0.4 is 5.32 Å². The quantitative estimate of drug-likeness (QED) is 0.384. The van der Waals surface area contributed by atoms with E-state index in [-0.39, 0.29) is 12.0 Å². The number of ether oxygens (including phenoxy) is 1. The number of hydrogen-bond acceptors (Lipinski definition) is 7. The second-order valence-electron chi connectivity index (χ2n) is 7.84. The SMILES string of the molecule is CCC(C(c1ccc2nc(Nc3cccc(C(=O)OC)c3)sc2c1)n1ccnc1)N(C)C. The maximum Gasteiger partial charge on any atom is 0.337 e. The van der Waals surface area contributed by atoms with Gasteiger partial charge in [0.1, 0.15) is 0 Å². The Bertz CT molecular complexity index is 1200. The van der Waals surface area contributed by atoms with Gasteiger partial charge in [-0.05, 0) is 56.4 Å². The number of aromatic nitrogens is 3. The highest BCUT2D eigenvalue weighted by atomic mass is 32.1. The molecule has 8 heteroatoms. The maximum absolute atomic E-state index is 11.8. The van der Waals surface area contributed by atoms with Gasteiger partial charge in [0.25, 0.3) is 0 Å². The summed E-state index contributed by atoms with van der Waals surface area (Å²) in [6.45, 7) is 2.21. The molecule has 4 rings (SSSR count). The summed E-state index contributed by atoms with van der Waals surface area (Å²) in [6.07, 6.45) is 6.74. The summed E-state index contributed by atoms with van der Waals surface area (Å²) in [5.74, 6) is -0.362. The summed E-state index contributed by atoms with van der Waals surface area (Å²) < 4.78 is 8.09. The van der Waals surface area contributed by atoms with Crippen molar-refractivity contribution >= 4 is 38.3 Å². The molecule has 1 N–H and O–H groups in total. The van der Waals surface area contributed by atoms with Crippen LogP contribution in [-0.4, -0.2) is 52.7 Å². The predicted molar refractivity (Wildman–Crippen MR) is 129 cm³/mol. The average molecular weight is 450 g/mol. The molecule has 0 bridgehead atoms. The minimum Gasteiger partial charge on any atom is -0.465 e. The highest BCUT2D eigenvalue weighted by molar-refractivity contribution is 7.22. The van der Waals surface area contributed by atoms with Crippen molar-refractivity contribution < 1.29 is 9.53 Å². The molecule has 2 aromatic carbocycles. The number of carbonyl (C=O) groups is 1. The van der Waals surface area contributed by atoms with Crippen LogP contribution in [0.5, 0.6) is 0 Å². The molecule has 2 heterocycles. The topological polar surface area (TPSA) is 72.3 Å². The van der Waals surface area contributed by atoms with Gasteiger partial charge in [-0.2, -0.15) is 0 Å². The molecule has 0 radical (unpaired) electrons. The zero-order valence-corrected chi connectivity index (χ0v) is 19.5. The number of nitrogens with one attached hydrogen (secondary N) is 1.